The third kappa shape index (κ3) is 3.87. The van der Waals surface area contributed by atoms with Crippen LogP contribution < -0.4 is 5.56 Å². The number of hydrogen-bond acceptors (Lipinski definition) is 4. The molecule has 0 saturated carbocycles. The van der Waals surface area contributed by atoms with Crippen molar-refractivity contribution in [1.29, 1.82) is 0 Å². The van der Waals surface area contributed by atoms with Gasteiger partial charge in [0, 0.05) is 56.6 Å². The van der Waals surface area contributed by atoms with E-state index in [-0.39, 0.29) is 23.3 Å². The molecule has 1 saturated heterocycles. The normalized spacial score (nSPS) is 19.2. The number of hydrogen-bond donors (Lipinski definition) is 1. The molecule has 2 amide bonds. The molecule has 2 aliphatic heterocycles. The van der Waals surface area contributed by atoms with Crippen LogP contribution in [-0.2, 0) is 22.6 Å². The van der Waals surface area contributed by atoms with Gasteiger partial charge in [-0.15, -0.1) is 0 Å². The predicted molar refractivity (Wildman–Crippen MR) is 113 cm³/mol. The van der Waals surface area contributed by atoms with Gasteiger partial charge in [0.2, 0.25) is 11.8 Å². The maximum absolute atomic E-state index is 13.1. The zero-order valence-corrected chi connectivity index (χ0v) is 17.9. The number of carbonyl (C=O) groups excluding carboxylic acids is 2. The summed E-state index contributed by atoms with van der Waals surface area (Å²) in [5.41, 5.74) is 2.87. The van der Waals surface area contributed by atoms with Crippen LogP contribution in [0.25, 0.3) is 5.65 Å². The molecule has 0 radical (unpaired) electrons. The molecule has 8 nitrogen and oxygen atoms in total. The lowest BCUT2D eigenvalue weighted by Gasteiger charge is -2.32. The summed E-state index contributed by atoms with van der Waals surface area (Å²) in [6.45, 7) is 6.44. The number of nitrogens with one attached hydrogen (secondary N) is 1. The third-order valence-corrected chi connectivity index (χ3v) is 6.28. The quantitative estimate of drug-likeness (QED) is 0.814. The maximum atomic E-state index is 13.1. The van der Waals surface area contributed by atoms with E-state index in [4.69, 9.17) is 4.98 Å². The van der Waals surface area contributed by atoms with Crippen LogP contribution in [-0.4, -0.2) is 55.8 Å². The number of likely N-dealkylation sites (tertiary alicyclic amines) is 1. The minimum Gasteiger partial charge on any atom is -0.342 e. The molecule has 1 fully saturated rings. The standard InChI is InChI=1S/C22H31N5O3/c1-3-6-20(28)25-10-5-8-15(13-25)18-12-19-23-17-9-11-26(21(29)7-4-2)14-16(17)22(30)27(19)24-18/h12,15,24H,3-11,13-14H2,1-2H3. The van der Waals surface area contributed by atoms with Gasteiger partial charge in [-0.2, -0.15) is 0 Å². The Kier molecular flexibility index (Phi) is 5.92. The van der Waals surface area contributed by atoms with Gasteiger partial charge in [0.25, 0.3) is 5.56 Å². The van der Waals surface area contributed by atoms with E-state index >= 15 is 0 Å². The number of aromatic amines is 1. The van der Waals surface area contributed by atoms with E-state index in [0.717, 1.165) is 43.6 Å². The number of aromatic nitrogens is 3. The van der Waals surface area contributed by atoms with Crippen molar-refractivity contribution in [1.82, 2.24) is 24.4 Å². The lowest BCUT2D eigenvalue weighted by molar-refractivity contribution is -0.133. The van der Waals surface area contributed by atoms with Crippen LogP contribution in [0.1, 0.15) is 75.2 Å². The van der Waals surface area contributed by atoms with Gasteiger partial charge in [0.15, 0.2) is 5.65 Å². The SMILES string of the molecule is CCCC(=O)N1CCc2nc3cc(C4CCCN(C(=O)CCC)C4)[nH]n3c(=O)c2C1. The Hall–Kier alpha value is -2.64. The number of carbonyl (C=O) groups is 2. The number of piperidine rings is 1. The molecule has 0 spiro atoms. The average Bonchev–Trinajstić information content (AvgIpc) is 3.19. The number of amides is 2. The molecule has 2 aliphatic rings. The van der Waals surface area contributed by atoms with Gasteiger partial charge in [-0.1, -0.05) is 13.8 Å². The van der Waals surface area contributed by atoms with E-state index in [0.29, 0.717) is 50.1 Å². The summed E-state index contributed by atoms with van der Waals surface area (Å²) in [6.07, 6.45) is 5.31. The largest absolute Gasteiger partial charge is 0.342 e. The van der Waals surface area contributed by atoms with Gasteiger partial charge in [-0.05, 0) is 25.7 Å². The summed E-state index contributed by atoms with van der Waals surface area (Å²) in [6, 6.07) is 1.95. The number of fused-ring (bicyclic) bond motifs is 2. The molecule has 0 aliphatic carbocycles. The summed E-state index contributed by atoms with van der Waals surface area (Å²) in [4.78, 5) is 46.2. The minimum atomic E-state index is -0.120. The predicted octanol–water partition coefficient (Wildman–Crippen LogP) is 2.21. The molecule has 1 N–H and O–H groups in total. The van der Waals surface area contributed by atoms with Crippen LogP contribution in [0.15, 0.2) is 10.9 Å². The lowest BCUT2D eigenvalue weighted by Crippen LogP contribution is -2.40. The van der Waals surface area contributed by atoms with Crippen LogP contribution in [0.4, 0.5) is 0 Å². The second-order valence-corrected chi connectivity index (χ2v) is 8.49. The molecule has 1 unspecified atom stereocenters. The zero-order chi connectivity index (χ0) is 21.3. The number of H-pyrrole nitrogens is 1. The van der Waals surface area contributed by atoms with Crippen LogP contribution in [0.2, 0.25) is 0 Å². The summed E-state index contributed by atoms with van der Waals surface area (Å²) in [5, 5.41) is 3.24. The van der Waals surface area contributed by atoms with Crippen LogP contribution >= 0.6 is 0 Å². The highest BCUT2D eigenvalue weighted by Crippen LogP contribution is 2.27. The summed E-state index contributed by atoms with van der Waals surface area (Å²) in [7, 11) is 0. The van der Waals surface area contributed by atoms with Crippen molar-refractivity contribution >= 4 is 17.5 Å². The Bertz CT molecular complexity index is 1010. The molecule has 4 heterocycles. The van der Waals surface area contributed by atoms with Gasteiger partial charge < -0.3 is 9.80 Å². The molecule has 8 heteroatoms. The number of rotatable bonds is 5. The van der Waals surface area contributed by atoms with Gasteiger partial charge in [0.1, 0.15) is 0 Å². The highest BCUT2D eigenvalue weighted by atomic mass is 16.2. The second-order valence-electron chi connectivity index (χ2n) is 8.49. The van der Waals surface area contributed by atoms with Gasteiger partial charge >= 0.3 is 0 Å². The Balaban J connectivity index is 1.60. The Labute approximate surface area is 176 Å². The molecule has 2 aromatic rings. The summed E-state index contributed by atoms with van der Waals surface area (Å²) in [5.74, 6) is 0.486. The van der Waals surface area contributed by atoms with Crippen molar-refractivity contribution < 1.29 is 9.59 Å². The monoisotopic (exact) mass is 413 g/mol. The Morgan fingerprint density at radius 1 is 1.13 bits per heavy atom. The maximum Gasteiger partial charge on any atom is 0.277 e. The first-order valence-electron chi connectivity index (χ1n) is 11.2. The van der Waals surface area contributed by atoms with Crippen molar-refractivity contribution in [2.75, 3.05) is 19.6 Å². The topological polar surface area (TPSA) is 90.8 Å². The van der Waals surface area contributed by atoms with E-state index in [1.165, 1.54) is 4.52 Å². The van der Waals surface area contributed by atoms with Crippen LogP contribution in [0, 0.1) is 0 Å². The van der Waals surface area contributed by atoms with Gasteiger partial charge in [0.05, 0.1) is 17.8 Å². The van der Waals surface area contributed by atoms with Gasteiger partial charge in [-0.25, -0.2) is 9.50 Å². The van der Waals surface area contributed by atoms with Crippen LogP contribution in [0.3, 0.4) is 0 Å². The van der Waals surface area contributed by atoms with E-state index in [1.54, 1.807) is 4.90 Å². The molecule has 2 aromatic heterocycles. The summed E-state index contributed by atoms with van der Waals surface area (Å²) < 4.78 is 1.51. The fourth-order valence-corrected chi connectivity index (χ4v) is 4.62. The van der Waals surface area contributed by atoms with E-state index in [9.17, 15) is 14.4 Å². The molecule has 0 bridgehead atoms. The lowest BCUT2D eigenvalue weighted by atomic mass is 9.94. The van der Waals surface area contributed by atoms with Crippen LogP contribution in [0.5, 0.6) is 0 Å². The van der Waals surface area contributed by atoms with Crippen molar-refractivity contribution in [2.45, 2.75) is 71.3 Å². The first kappa shape index (κ1) is 20.6. The van der Waals surface area contributed by atoms with Crippen molar-refractivity contribution in [3.05, 3.63) is 33.4 Å². The van der Waals surface area contributed by atoms with E-state index in [2.05, 4.69) is 5.10 Å². The highest BCUT2D eigenvalue weighted by Gasteiger charge is 2.28. The fraction of sp³-hybridized carbons (Fsp3) is 0.636. The van der Waals surface area contributed by atoms with E-state index in [1.807, 2.05) is 24.8 Å². The van der Waals surface area contributed by atoms with Gasteiger partial charge in [-0.3, -0.25) is 19.5 Å². The molecular weight excluding hydrogens is 382 g/mol. The Morgan fingerprint density at radius 3 is 2.60 bits per heavy atom. The summed E-state index contributed by atoms with van der Waals surface area (Å²) >= 11 is 0. The molecule has 0 aromatic carbocycles. The molecule has 30 heavy (non-hydrogen) atoms. The molecular formula is C22H31N5O3. The zero-order valence-electron chi connectivity index (χ0n) is 17.9. The Morgan fingerprint density at radius 2 is 1.87 bits per heavy atom. The molecule has 162 valence electrons. The smallest absolute Gasteiger partial charge is 0.277 e. The third-order valence-electron chi connectivity index (χ3n) is 6.28. The molecule has 1 atom stereocenters. The van der Waals surface area contributed by atoms with E-state index < -0.39 is 0 Å². The minimum absolute atomic E-state index is 0.0962. The fourth-order valence-electron chi connectivity index (χ4n) is 4.62. The van der Waals surface area contributed by atoms with Crippen molar-refractivity contribution in [3.63, 3.8) is 0 Å². The first-order valence-corrected chi connectivity index (χ1v) is 11.2. The first-order chi connectivity index (χ1) is 14.5. The molecule has 4 rings (SSSR count). The second kappa shape index (κ2) is 8.62. The van der Waals surface area contributed by atoms with Crippen molar-refractivity contribution in [2.24, 2.45) is 0 Å². The number of nitrogens with zero attached hydrogens (tertiary/aromatic N) is 4. The average molecular weight is 414 g/mol. The highest BCUT2D eigenvalue weighted by molar-refractivity contribution is 5.76. The van der Waals surface area contributed by atoms with Crippen molar-refractivity contribution in [3.8, 4) is 0 Å².